The van der Waals surface area contributed by atoms with Crippen molar-refractivity contribution in [2.24, 2.45) is 5.92 Å². The predicted octanol–water partition coefficient (Wildman–Crippen LogP) is 7.96. The van der Waals surface area contributed by atoms with Gasteiger partial charge >= 0.3 is 5.66 Å². The second-order valence-electron chi connectivity index (χ2n) is 9.08. The molecule has 0 radical (unpaired) electrons. The summed E-state index contributed by atoms with van der Waals surface area (Å²) in [5.41, 5.74) is 4.19. The minimum absolute atomic E-state index is 0.0192. The van der Waals surface area contributed by atoms with Gasteiger partial charge in [-0.2, -0.15) is 0 Å². The van der Waals surface area contributed by atoms with Gasteiger partial charge in [0, 0.05) is 17.4 Å². The fourth-order valence-corrected chi connectivity index (χ4v) is 5.00. The lowest BCUT2D eigenvalue weighted by Crippen LogP contribution is -2.32. The molecule has 1 aliphatic rings. The normalized spacial score (nSPS) is 16.6. The van der Waals surface area contributed by atoms with Crippen molar-refractivity contribution in [1.29, 1.82) is 0 Å². The highest BCUT2D eigenvalue weighted by atomic mass is 16.5. The van der Waals surface area contributed by atoms with Gasteiger partial charge in [-0.1, -0.05) is 48.1 Å². The number of methoxy groups -OCH3 is 2. The van der Waals surface area contributed by atoms with Crippen LogP contribution in [-0.4, -0.2) is 19.9 Å². The first kappa shape index (κ1) is 25.9. The molecule has 0 heterocycles. The molecule has 0 N–H and O–H groups in total. The molecule has 180 valence electrons. The first-order chi connectivity index (χ1) is 16.9. The molecule has 2 aromatic carbocycles. The summed E-state index contributed by atoms with van der Waals surface area (Å²) in [5, 5.41) is 0. The van der Waals surface area contributed by atoms with Crippen LogP contribution in [0.5, 0.6) is 11.5 Å². The Bertz CT molecular complexity index is 1200. The molecule has 0 fully saturated rings. The number of benzene rings is 2. The Morgan fingerprint density at radius 3 is 2.54 bits per heavy atom. The number of rotatable bonds is 9. The topological polar surface area (TPSA) is 27.2 Å². The Morgan fingerprint density at radius 1 is 1.11 bits per heavy atom. The Hall–Kier alpha value is -3.76. The lowest BCUT2D eigenvalue weighted by atomic mass is 9.70. The van der Waals surface area contributed by atoms with Crippen LogP contribution in [0.2, 0.25) is 0 Å². The van der Waals surface area contributed by atoms with Gasteiger partial charge in [0.15, 0.2) is 0 Å². The highest BCUT2D eigenvalue weighted by molar-refractivity contribution is 5.58. The maximum absolute atomic E-state index is 7.97. The van der Waals surface area contributed by atoms with E-state index in [2.05, 4.69) is 66.5 Å². The first-order valence-electron chi connectivity index (χ1n) is 12.0. The fourth-order valence-electron chi connectivity index (χ4n) is 5.00. The van der Waals surface area contributed by atoms with Crippen molar-refractivity contribution < 1.29 is 9.47 Å². The van der Waals surface area contributed by atoms with E-state index in [4.69, 9.17) is 22.6 Å². The Balaban J connectivity index is 2.22. The van der Waals surface area contributed by atoms with Crippen LogP contribution in [0, 0.1) is 32.9 Å². The van der Waals surface area contributed by atoms with E-state index < -0.39 is 5.66 Å². The van der Waals surface area contributed by atoms with Crippen LogP contribution in [0.1, 0.15) is 53.9 Å². The molecule has 0 bridgehead atoms. The molecule has 4 heteroatoms. The second-order valence-corrected chi connectivity index (χ2v) is 9.08. The summed E-state index contributed by atoms with van der Waals surface area (Å²) in [6, 6.07) is 12.3. The maximum atomic E-state index is 7.97. The smallest absolute Gasteiger partial charge is 0.497 e. The van der Waals surface area contributed by atoms with Gasteiger partial charge in [-0.25, -0.2) is 22.8 Å². The SMILES string of the molecule is [C-]#[N+]C(CC=C)([N+]#[C-])C1=CCCC[C@H]1[C@@H](/C=C/c1cc(C)ccc1C)c1cc(OC)ccc1OC. The van der Waals surface area contributed by atoms with Gasteiger partial charge in [-0.15, -0.1) is 6.58 Å². The zero-order valence-electron chi connectivity index (χ0n) is 21.2. The molecule has 3 rings (SSSR count). The molecule has 0 unspecified atom stereocenters. The molecule has 0 aromatic heterocycles. The molecular weight excluding hydrogens is 432 g/mol. The van der Waals surface area contributed by atoms with Gasteiger partial charge in [-0.05, 0) is 62.4 Å². The van der Waals surface area contributed by atoms with Gasteiger partial charge in [-0.3, -0.25) is 0 Å². The number of hydrogen-bond donors (Lipinski definition) is 0. The molecule has 0 saturated heterocycles. The third kappa shape index (κ3) is 5.50. The van der Waals surface area contributed by atoms with Crippen molar-refractivity contribution in [1.82, 2.24) is 0 Å². The van der Waals surface area contributed by atoms with Crippen LogP contribution in [-0.2, 0) is 0 Å². The second kappa shape index (κ2) is 11.6. The third-order valence-corrected chi connectivity index (χ3v) is 6.89. The molecule has 1 aliphatic carbocycles. The van der Waals surface area contributed by atoms with E-state index in [9.17, 15) is 0 Å². The minimum Gasteiger partial charge on any atom is -0.497 e. The summed E-state index contributed by atoms with van der Waals surface area (Å²) in [6.45, 7) is 24.0. The van der Waals surface area contributed by atoms with Crippen LogP contribution < -0.4 is 9.47 Å². The fraction of sp³-hybridized carbons (Fsp3) is 0.355. The molecule has 0 amide bonds. The number of hydrogen-bond acceptors (Lipinski definition) is 2. The predicted molar refractivity (Wildman–Crippen MR) is 143 cm³/mol. The highest BCUT2D eigenvalue weighted by Gasteiger charge is 2.52. The van der Waals surface area contributed by atoms with E-state index in [1.54, 1.807) is 20.3 Å². The van der Waals surface area contributed by atoms with Gasteiger partial charge in [0.2, 0.25) is 0 Å². The first-order valence-corrected chi connectivity index (χ1v) is 12.0. The molecule has 0 saturated carbocycles. The summed E-state index contributed by atoms with van der Waals surface area (Å²) in [7, 11) is 3.33. The van der Waals surface area contributed by atoms with Crippen molar-refractivity contribution in [3.05, 3.63) is 112 Å². The summed E-state index contributed by atoms with van der Waals surface area (Å²) < 4.78 is 11.3. The lowest BCUT2D eigenvalue weighted by molar-refractivity contribution is 0.381. The van der Waals surface area contributed by atoms with E-state index in [0.29, 0.717) is 6.42 Å². The van der Waals surface area contributed by atoms with Crippen LogP contribution in [0.4, 0.5) is 0 Å². The summed E-state index contributed by atoms with van der Waals surface area (Å²) in [5.74, 6) is 1.40. The highest BCUT2D eigenvalue weighted by Crippen LogP contribution is 2.48. The third-order valence-electron chi connectivity index (χ3n) is 6.89. The molecule has 0 spiro atoms. The number of nitrogens with zero attached hydrogens (tertiary/aromatic N) is 2. The molecule has 35 heavy (non-hydrogen) atoms. The van der Waals surface area contributed by atoms with Gasteiger partial charge < -0.3 is 9.47 Å². The summed E-state index contributed by atoms with van der Waals surface area (Å²) in [6.07, 6.45) is 11.3. The summed E-state index contributed by atoms with van der Waals surface area (Å²) >= 11 is 0. The van der Waals surface area contributed by atoms with Crippen LogP contribution in [0.15, 0.2) is 66.8 Å². The summed E-state index contributed by atoms with van der Waals surface area (Å²) in [4.78, 5) is 7.75. The number of ether oxygens (including phenoxy) is 2. The maximum Gasteiger partial charge on any atom is 0.509 e. The van der Waals surface area contributed by atoms with Crippen LogP contribution in [0.3, 0.4) is 0 Å². The Labute approximate surface area is 210 Å². The van der Waals surface area contributed by atoms with Crippen LogP contribution in [0.25, 0.3) is 15.8 Å². The van der Waals surface area contributed by atoms with Crippen molar-refractivity contribution in [3.8, 4) is 11.5 Å². The van der Waals surface area contributed by atoms with Crippen molar-refractivity contribution in [2.45, 2.75) is 51.1 Å². The number of aryl methyl sites for hydroxylation is 2. The zero-order chi connectivity index (χ0) is 25.4. The standard InChI is InChI=1S/C31H34N2O2/c1-8-19-31(32-4,33-5)29-12-10-9-11-27(29)26(17-15-24-20-22(2)13-14-23(24)3)28-21-25(34-6)16-18-30(28)35-7/h8,12-18,20-21,26-27H,1,9-11,19H2,2-3,6-7H3/b17-15+/t26-,27+/m1/s1. The van der Waals surface area contributed by atoms with Gasteiger partial charge in [0.25, 0.3) is 0 Å². The average molecular weight is 467 g/mol. The van der Waals surface area contributed by atoms with Crippen molar-refractivity contribution in [2.75, 3.05) is 14.2 Å². The van der Waals surface area contributed by atoms with Crippen molar-refractivity contribution >= 4 is 6.08 Å². The van der Waals surface area contributed by atoms with Crippen LogP contribution >= 0.6 is 0 Å². The lowest BCUT2D eigenvalue weighted by Gasteiger charge is -2.32. The molecule has 2 aromatic rings. The minimum atomic E-state index is -1.26. The molecule has 4 nitrogen and oxygen atoms in total. The molecule has 2 atom stereocenters. The van der Waals surface area contributed by atoms with E-state index in [1.807, 2.05) is 18.2 Å². The van der Waals surface area contributed by atoms with Gasteiger partial charge in [0.1, 0.15) is 23.5 Å². The Kier molecular flexibility index (Phi) is 8.56. The largest absolute Gasteiger partial charge is 0.509 e. The van der Waals surface area contributed by atoms with E-state index in [0.717, 1.165) is 47.5 Å². The molecular formula is C31H34N2O2. The van der Waals surface area contributed by atoms with E-state index >= 15 is 0 Å². The quantitative estimate of drug-likeness (QED) is 0.277. The Morgan fingerprint density at radius 2 is 1.89 bits per heavy atom. The zero-order valence-corrected chi connectivity index (χ0v) is 21.2. The van der Waals surface area contributed by atoms with Crippen molar-refractivity contribution in [3.63, 3.8) is 0 Å². The van der Waals surface area contributed by atoms with E-state index in [-0.39, 0.29) is 11.8 Å². The average Bonchev–Trinajstić information content (AvgIpc) is 2.89. The van der Waals surface area contributed by atoms with Gasteiger partial charge in [0.05, 0.1) is 14.2 Å². The van der Waals surface area contributed by atoms with E-state index in [1.165, 1.54) is 11.1 Å². The molecule has 0 aliphatic heterocycles. The number of allylic oxidation sites excluding steroid dienone is 2. The monoisotopic (exact) mass is 466 g/mol.